The lowest BCUT2D eigenvalue weighted by Crippen LogP contribution is -2.26. The largest absolute Gasteiger partial charge is 0.465 e. The zero-order valence-corrected chi connectivity index (χ0v) is 16.2. The lowest BCUT2D eigenvalue weighted by molar-refractivity contribution is 0.0602. The van der Waals surface area contributed by atoms with Crippen LogP contribution in [0.5, 0.6) is 0 Å². The maximum atomic E-state index is 12.1. The Balaban J connectivity index is 1.78. The van der Waals surface area contributed by atoms with Crippen molar-refractivity contribution < 1.29 is 9.53 Å². The highest BCUT2D eigenvalue weighted by atomic mass is 35.5. The summed E-state index contributed by atoms with van der Waals surface area (Å²) in [5.41, 5.74) is 2.71. The summed E-state index contributed by atoms with van der Waals surface area (Å²) < 4.78 is 6.71. The van der Waals surface area contributed by atoms with Gasteiger partial charge in [-0.3, -0.25) is 5.10 Å². The molecule has 0 aliphatic heterocycles. The van der Waals surface area contributed by atoms with Crippen molar-refractivity contribution in [1.82, 2.24) is 14.6 Å². The molecule has 0 spiro atoms. The van der Waals surface area contributed by atoms with E-state index in [9.17, 15) is 4.79 Å². The van der Waals surface area contributed by atoms with E-state index in [0.717, 1.165) is 35.8 Å². The zero-order valence-electron chi connectivity index (χ0n) is 15.5. The first kappa shape index (κ1) is 17.9. The quantitative estimate of drug-likeness (QED) is 0.634. The molecule has 1 aliphatic rings. The smallest absolute Gasteiger partial charge is 0.343 e. The number of carbonyl (C=O) groups is 1. The van der Waals surface area contributed by atoms with Gasteiger partial charge in [0, 0.05) is 22.8 Å². The number of H-pyrrole nitrogens is 1. The number of methoxy groups -OCH3 is 1. The van der Waals surface area contributed by atoms with Crippen molar-refractivity contribution in [2.75, 3.05) is 12.4 Å². The van der Waals surface area contributed by atoms with E-state index >= 15 is 0 Å². The van der Waals surface area contributed by atoms with Crippen LogP contribution in [0.2, 0.25) is 5.02 Å². The number of imidazole rings is 1. The third-order valence-electron chi connectivity index (χ3n) is 5.34. The number of esters is 1. The fourth-order valence-electron chi connectivity index (χ4n) is 3.72. The highest BCUT2D eigenvalue weighted by molar-refractivity contribution is 6.30. The molecule has 0 atom stereocenters. The van der Waals surface area contributed by atoms with Crippen molar-refractivity contribution in [2.24, 2.45) is 5.92 Å². The number of nitrogens with one attached hydrogen (secondary N) is 2. The molecular weight excluding hydrogens is 364 g/mol. The predicted molar refractivity (Wildman–Crippen MR) is 106 cm³/mol. The molecule has 3 aromatic rings. The second-order valence-electron chi connectivity index (χ2n) is 7.25. The number of fused-ring (bicyclic) bond motifs is 1. The highest BCUT2D eigenvalue weighted by Gasteiger charge is 2.25. The van der Waals surface area contributed by atoms with Gasteiger partial charge in [-0.15, -0.1) is 0 Å². The molecule has 1 fully saturated rings. The summed E-state index contributed by atoms with van der Waals surface area (Å²) in [6.45, 7) is 2.31. The van der Waals surface area contributed by atoms with Crippen molar-refractivity contribution >= 4 is 29.0 Å². The molecule has 2 N–H and O–H groups in total. The minimum atomic E-state index is -0.410. The minimum Gasteiger partial charge on any atom is -0.465 e. The normalized spacial score (nSPS) is 20.0. The molecule has 1 saturated carbocycles. The number of halogens is 1. The van der Waals surface area contributed by atoms with E-state index in [-0.39, 0.29) is 0 Å². The minimum absolute atomic E-state index is 0.386. The van der Waals surface area contributed by atoms with Gasteiger partial charge >= 0.3 is 5.97 Å². The van der Waals surface area contributed by atoms with Crippen LogP contribution in [0.15, 0.2) is 30.5 Å². The Hall–Kier alpha value is -2.47. The SMILES string of the molecule is COC(=O)c1c[nH]n2c(NC3CCC(C)CC3)c(-c3ccc(Cl)cc3)nc12. The monoisotopic (exact) mass is 386 g/mol. The van der Waals surface area contributed by atoms with E-state index in [1.807, 2.05) is 28.8 Å². The van der Waals surface area contributed by atoms with Gasteiger partial charge in [0.05, 0.1) is 7.11 Å². The van der Waals surface area contributed by atoms with Gasteiger partial charge in [0.2, 0.25) is 0 Å². The molecule has 1 aromatic carbocycles. The number of nitrogens with zero attached hydrogens (tertiary/aromatic N) is 2. The van der Waals surface area contributed by atoms with Gasteiger partial charge < -0.3 is 10.1 Å². The third-order valence-corrected chi connectivity index (χ3v) is 5.59. The lowest BCUT2D eigenvalue weighted by atomic mass is 9.87. The Morgan fingerprint density at radius 1 is 1.26 bits per heavy atom. The molecule has 4 rings (SSSR count). The molecule has 0 amide bonds. The number of aromatic nitrogens is 3. The van der Waals surface area contributed by atoms with Crippen LogP contribution in [-0.4, -0.2) is 33.7 Å². The zero-order chi connectivity index (χ0) is 19.0. The van der Waals surface area contributed by atoms with Crippen LogP contribution in [0.4, 0.5) is 5.82 Å². The maximum absolute atomic E-state index is 12.1. The number of benzene rings is 1. The van der Waals surface area contributed by atoms with E-state index < -0.39 is 5.97 Å². The topological polar surface area (TPSA) is 71.4 Å². The van der Waals surface area contributed by atoms with Crippen LogP contribution in [0.25, 0.3) is 16.9 Å². The summed E-state index contributed by atoms with van der Waals surface area (Å²) in [6.07, 6.45) is 6.31. The van der Waals surface area contributed by atoms with Gasteiger partial charge in [0.15, 0.2) is 11.5 Å². The number of hydrogen-bond acceptors (Lipinski definition) is 4. The lowest BCUT2D eigenvalue weighted by Gasteiger charge is -2.27. The number of anilines is 1. The molecule has 7 heteroatoms. The summed E-state index contributed by atoms with van der Waals surface area (Å²) in [5.74, 6) is 1.23. The Bertz CT molecular complexity index is 952. The predicted octanol–water partition coefficient (Wildman–Crippen LogP) is 4.76. The van der Waals surface area contributed by atoms with Crippen LogP contribution in [0.3, 0.4) is 0 Å². The van der Waals surface area contributed by atoms with Crippen molar-refractivity contribution in [2.45, 2.75) is 38.6 Å². The number of hydrogen-bond donors (Lipinski definition) is 2. The van der Waals surface area contributed by atoms with E-state index in [2.05, 4.69) is 17.3 Å². The molecule has 27 heavy (non-hydrogen) atoms. The number of ether oxygens (including phenoxy) is 1. The van der Waals surface area contributed by atoms with Gasteiger partial charge in [-0.05, 0) is 43.7 Å². The first-order valence-electron chi connectivity index (χ1n) is 9.27. The molecule has 0 saturated heterocycles. The van der Waals surface area contributed by atoms with Crippen LogP contribution in [-0.2, 0) is 4.74 Å². The average molecular weight is 387 g/mol. The first-order chi connectivity index (χ1) is 13.1. The van der Waals surface area contributed by atoms with Gasteiger partial charge in [-0.25, -0.2) is 14.3 Å². The highest BCUT2D eigenvalue weighted by Crippen LogP contribution is 2.33. The van der Waals surface area contributed by atoms with Gasteiger partial charge in [0.1, 0.15) is 11.3 Å². The van der Waals surface area contributed by atoms with E-state index in [1.54, 1.807) is 6.20 Å². The number of carbonyl (C=O) groups excluding carboxylic acids is 1. The molecule has 0 radical (unpaired) electrons. The summed E-state index contributed by atoms with van der Waals surface area (Å²) in [5, 5.41) is 7.47. The van der Waals surface area contributed by atoms with Gasteiger partial charge in [-0.1, -0.05) is 30.7 Å². The van der Waals surface area contributed by atoms with Crippen molar-refractivity contribution in [1.29, 1.82) is 0 Å². The van der Waals surface area contributed by atoms with E-state index in [0.29, 0.717) is 22.3 Å². The van der Waals surface area contributed by atoms with Crippen molar-refractivity contribution in [3.05, 3.63) is 41.0 Å². The molecule has 0 bridgehead atoms. The Morgan fingerprint density at radius 3 is 2.63 bits per heavy atom. The summed E-state index contributed by atoms with van der Waals surface area (Å²) in [7, 11) is 1.37. The summed E-state index contributed by atoms with van der Waals surface area (Å²) in [4.78, 5) is 16.8. The molecule has 2 heterocycles. The Kier molecular flexibility index (Phi) is 4.83. The van der Waals surface area contributed by atoms with Gasteiger partial charge in [-0.2, -0.15) is 0 Å². The molecule has 6 nitrogen and oxygen atoms in total. The van der Waals surface area contributed by atoms with Crippen LogP contribution < -0.4 is 5.32 Å². The summed E-state index contributed by atoms with van der Waals surface area (Å²) in [6, 6.07) is 7.96. The molecule has 1 aliphatic carbocycles. The number of aromatic amines is 1. The maximum Gasteiger partial charge on any atom is 0.343 e. The summed E-state index contributed by atoms with van der Waals surface area (Å²) >= 11 is 6.04. The Labute approximate surface area is 162 Å². The van der Waals surface area contributed by atoms with E-state index in [1.165, 1.54) is 20.0 Å². The van der Waals surface area contributed by atoms with Crippen LogP contribution in [0, 0.1) is 5.92 Å². The van der Waals surface area contributed by atoms with Crippen LogP contribution in [0.1, 0.15) is 43.0 Å². The van der Waals surface area contributed by atoms with Crippen LogP contribution >= 0.6 is 11.6 Å². The third kappa shape index (κ3) is 3.41. The molecule has 0 unspecified atom stereocenters. The fraction of sp³-hybridized carbons (Fsp3) is 0.400. The molecule has 2 aromatic heterocycles. The number of rotatable bonds is 4. The van der Waals surface area contributed by atoms with E-state index in [4.69, 9.17) is 21.3 Å². The standard InChI is InChI=1S/C20H23ClN4O2/c1-12-3-9-15(10-4-12)23-19-17(13-5-7-14(21)8-6-13)24-18-16(20(26)27-2)11-22-25(18)19/h5-8,11-12,15,22-23H,3-4,9-10H2,1-2H3. The molecular formula is C20H23ClN4O2. The molecule has 142 valence electrons. The Morgan fingerprint density at radius 2 is 1.96 bits per heavy atom. The fourth-order valence-corrected chi connectivity index (χ4v) is 3.85. The first-order valence-corrected chi connectivity index (χ1v) is 9.65. The van der Waals surface area contributed by atoms with Gasteiger partial charge in [0.25, 0.3) is 0 Å². The average Bonchev–Trinajstić information content (AvgIpc) is 3.24. The second kappa shape index (κ2) is 7.27. The second-order valence-corrected chi connectivity index (χ2v) is 7.69. The van der Waals surface area contributed by atoms with Crippen molar-refractivity contribution in [3.8, 4) is 11.3 Å². The van der Waals surface area contributed by atoms with Crippen molar-refractivity contribution in [3.63, 3.8) is 0 Å².